The Balaban J connectivity index is 2.56. The highest BCUT2D eigenvalue weighted by molar-refractivity contribution is 7.98. The highest BCUT2D eigenvalue weighted by atomic mass is 32.2. The van der Waals surface area contributed by atoms with Crippen LogP contribution in [0.25, 0.3) is 0 Å². The van der Waals surface area contributed by atoms with E-state index in [1.54, 1.807) is 0 Å². The van der Waals surface area contributed by atoms with Crippen molar-refractivity contribution < 1.29 is 23.8 Å². The van der Waals surface area contributed by atoms with Crippen LogP contribution in [-0.2, 0) is 9.59 Å². The van der Waals surface area contributed by atoms with E-state index in [1.807, 2.05) is 6.26 Å². The van der Waals surface area contributed by atoms with Gasteiger partial charge in [-0.1, -0.05) is 0 Å². The Morgan fingerprint density at radius 3 is 2.52 bits per heavy atom. The van der Waals surface area contributed by atoms with Crippen molar-refractivity contribution in [1.29, 1.82) is 0 Å². The van der Waals surface area contributed by atoms with Gasteiger partial charge in [0.15, 0.2) is 6.10 Å². The van der Waals surface area contributed by atoms with E-state index in [-0.39, 0.29) is 0 Å². The van der Waals surface area contributed by atoms with Crippen molar-refractivity contribution in [3.05, 3.63) is 30.1 Å². The predicted octanol–water partition coefficient (Wildman–Crippen LogP) is 1.92. The Labute approximate surface area is 126 Å². The van der Waals surface area contributed by atoms with Crippen molar-refractivity contribution in [3.63, 3.8) is 0 Å². The average molecular weight is 315 g/mol. The largest absolute Gasteiger partial charge is 0.481 e. The molecule has 0 unspecified atom stereocenters. The number of hydrogen-bond acceptors (Lipinski definition) is 4. The van der Waals surface area contributed by atoms with Gasteiger partial charge in [-0.25, -0.2) is 9.18 Å². The molecule has 1 rings (SSSR count). The summed E-state index contributed by atoms with van der Waals surface area (Å²) in [7, 11) is 0. The fraction of sp³-hybridized carbons (Fsp3) is 0.429. The first kappa shape index (κ1) is 17.3. The molecule has 0 saturated carbocycles. The minimum atomic E-state index is -1.08. The van der Waals surface area contributed by atoms with Crippen LogP contribution in [0, 0.1) is 5.82 Å². The molecule has 0 aliphatic rings. The maximum Gasteiger partial charge on any atom is 0.326 e. The third-order valence-electron chi connectivity index (χ3n) is 2.72. The van der Waals surface area contributed by atoms with Crippen molar-refractivity contribution in [2.75, 3.05) is 12.0 Å². The molecule has 1 aromatic rings. The average Bonchev–Trinajstić information content (AvgIpc) is 2.45. The highest BCUT2D eigenvalue weighted by Crippen LogP contribution is 2.13. The molecule has 0 spiro atoms. The monoisotopic (exact) mass is 315 g/mol. The Morgan fingerprint density at radius 2 is 2.00 bits per heavy atom. The van der Waals surface area contributed by atoms with Gasteiger partial charge >= 0.3 is 5.97 Å². The lowest BCUT2D eigenvalue weighted by atomic mass is 10.2. The van der Waals surface area contributed by atoms with Gasteiger partial charge in [-0.15, -0.1) is 0 Å². The molecular formula is C14H18FNO4S. The van der Waals surface area contributed by atoms with Crippen LogP contribution in [0.4, 0.5) is 4.39 Å². The number of aliphatic carboxylic acids is 1. The maximum absolute atomic E-state index is 12.8. The predicted molar refractivity (Wildman–Crippen MR) is 79.1 cm³/mol. The summed E-state index contributed by atoms with van der Waals surface area (Å²) >= 11 is 1.51. The number of rotatable bonds is 8. The molecule has 7 heteroatoms. The lowest BCUT2D eigenvalue weighted by Gasteiger charge is -2.18. The van der Waals surface area contributed by atoms with Crippen LogP contribution in [0.1, 0.15) is 13.3 Å². The number of benzene rings is 1. The second kappa shape index (κ2) is 8.51. The van der Waals surface area contributed by atoms with Gasteiger partial charge in [0.1, 0.15) is 17.6 Å². The molecular weight excluding hydrogens is 297 g/mol. The molecule has 116 valence electrons. The number of thioether (sulfide) groups is 1. The number of carboxylic acid groups (broad SMARTS) is 1. The zero-order chi connectivity index (χ0) is 15.8. The minimum Gasteiger partial charge on any atom is -0.481 e. The topological polar surface area (TPSA) is 75.6 Å². The van der Waals surface area contributed by atoms with Crippen LogP contribution < -0.4 is 10.1 Å². The second-order valence-electron chi connectivity index (χ2n) is 4.39. The molecule has 0 heterocycles. The number of ether oxygens (including phenoxy) is 1. The summed E-state index contributed by atoms with van der Waals surface area (Å²) in [6, 6.07) is 4.31. The van der Waals surface area contributed by atoms with Crippen LogP contribution in [0.15, 0.2) is 24.3 Å². The van der Waals surface area contributed by atoms with Crippen molar-refractivity contribution in [3.8, 4) is 5.75 Å². The van der Waals surface area contributed by atoms with E-state index in [2.05, 4.69) is 5.32 Å². The number of nitrogens with one attached hydrogen (secondary N) is 1. The number of carbonyl (C=O) groups is 2. The van der Waals surface area contributed by atoms with Crippen molar-refractivity contribution in [2.24, 2.45) is 0 Å². The van der Waals surface area contributed by atoms with Crippen LogP contribution in [-0.4, -0.2) is 41.1 Å². The summed E-state index contributed by atoms with van der Waals surface area (Å²) in [5.74, 6) is -1.03. The molecule has 0 saturated heterocycles. The fourth-order valence-electron chi connectivity index (χ4n) is 1.55. The van der Waals surface area contributed by atoms with Gasteiger partial charge in [0, 0.05) is 0 Å². The van der Waals surface area contributed by atoms with Crippen LogP contribution in [0.2, 0.25) is 0 Å². The molecule has 0 fully saturated rings. The molecule has 1 aromatic carbocycles. The van der Waals surface area contributed by atoms with E-state index in [9.17, 15) is 14.0 Å². The smallest absolute Gasteiger partial charge is 0.326 e. The van der Waals surface area contributed by atoms with Crippen molar-refractivity contribution in [2.45, 2.75) is 25.5 Å². The number of halogens is 1. The van der Waals surface area contributed by atoms with Gasteiger partial charge in [-0.05, 0) is 49.6 Å². The SMILES string of the molecule is CSCC[C@@H](NC(=O)[C@@H](C)Oc1ccc(F)cc1)C(=O)O. The summed E-state index contributed by atoms with van der Waals surface area (Å²) in [5, 5.41) is 11.5. The number of hydrogen-bond donors (Lipinski definition) is 2. The number of carbonyl (C=O) groups excluding carboxylic acids is 1. The molecule has 5 nitrogen and oxygen atoms in total. The van der Waals surface area contributed by atoms with Gasteiger partial charge in [0.05, 0.1) is 0 Å². The Kier molecular flexibility index (Phi) is 7.01. The van der Waals surface area contributed by atoms with Crippen LogP contribution >= 0.6 is 11.8 Å². The Bertz CT molecular complexity index is 480. The first-order valence-electron chi connectivity index (χ1n) is 6.38. The number of amides is 1. The van der Waals surface area contributed by atoms with Crippen LogP contribution in [0.3, 0.4) is 0 Å². The molecule has 0 radical (unpaired) electrons. The third-order valence-corrected chi connectivity index (χ3v) is 3.36. The molecule has 21 heavy (non-hydrogen) atoms. The minimum absolute atomic E-state index is 0.339. The maximum atomic E-state index is 12.8. The molecule has 1 amide bonds. The lowest BCUT2D eigenvalue weighted by molar-refractivity contribution is -0.142. The third kappa shape index (κ3) is 6.03. The Hall–Kier alpha value is -1.76. The van der Waals surface area contributed by atoms with Crippen molar-refractivity contribution in [1.82, 2.24) is 5.32 Å². The highest BCUT2D eigenvalue weighted by Gasteiger charge is 2.23. The van der Waals surface area contributed by atoms with Gasteiger partial charge in [-0.2, -0.15) is 11.8 Å². The van der Waals surface area contributed by atoms with E-state index in [4.69, 9.17) is 9.84 Å². The summed E-state index contributed by atoms with van der Waals surface area (Å²) in [4.78, 5) is 23.0. The summed E-state index contributed by atoms with van der Waals surface area (Å²) in [6.07, 6.45) is 1.33. The molecule has 0 aliphatic carbocycles. The van der Waals surface area contributed by atoms with E-state index in [0.717, 1.165) is 0 Å². The zero-order valence-electron chi connectivity index (χ0n) is 11.8. The van der Waals surface area contributed by atoms with E-state index in [0.29, 0.717) is 17.9 Å². The quantitative estimate of drug-likeness (QED) is 0.766. The van der Waals surface area contributed by atoms with Gasteiger partial charge in [0.25, 0.3) is 5.91 Å². The Morgan fingerprint density at radius 1 is 1.38 bits per heavy atom. The summed E-state index contributed by atoms with van der Waals surface area (Å²) < 4.78 is 18.1. The second-order valence-corrected chi connectivity index (χ2v) is 5.38. The fourth-order valence-corrected chi connectivity index (χ4v) is 2.02. The molecule has 0 aromatic heterocycles. The first-order chi connectivity index (χ1) is 9.93. The van der Waals surface area contributed by atoms with Gasteiger partial charge in [-0.3, -0.25) is 4.79 Å². The van der Waals surface area contributed by atoms with E-state index < -0.39 is 29.8 Å². The van der Waals surface area contributed by atoms with E-state index in [1.165, 1.54) is 43.0 Å². The van der Waals surface area contributed by atoms with Crippen LogP contribution in [0.5, 0.6) is 5.75 Å². The zero-order valence-corrected chi connectivity index (χ0v) is 12.7. The number of carboxylic acids is 1. The lowest BCUT2D eigenvalue weighted by Crippen LogP contribution is -2.46. The van der Waals surface area contributed by atoms with Crippen molar-refractivity contribution >= 4 is 23.6 Å². The normalized spacial score (nSPS) is 13.3. The first-order valence-corrected chi connectivity index (χ1v) is 7.77. The summed E-state index contributed by atoms with van der Waals surface area (Å²) in [6.45, 7) is 1.51. The molecule has 0 bridgehead atoms. The van der Waals surface area contributed by atoms with Gasteiger partial charge < -0.3 is 15.2 Å². The molecule has 2 N–H and O–H groups in total. The summed E-state index contributed by atoms with van der Waals surface area (Å²) in [5.41, 5.74) is 0. The van der Waals surface area contributed by atoms with Gasteiger partial charge in [0.2, 0.25) is 0 Å². The molecule has 2 atom stereocenters. The van der Waals surface area contributed by atoms with E-state index >= 15 is 0 Å². The standard InChI is InChI=1S/C14H18FNO4S/c1-9(20-11-5-3-10(15)4-6-11)13(17)16-12(14(18)19)7-8-21-2/h3-6,9,12H,7-8H2,1-2H3,(H,16,17)(H,18,19)/t9-,12-/m1/s1. The molecule has 0 aliphatic heterocycles.